The van der Waals surface area contributed by atoms with Crippen LogP contribution in [-0.4, -0.2) is 38.6 Å². The van der Waals surface area contributed by atoms with Gasteiger partial charge in [0.05, 0.1) is 12.2 Å². The number of carbonyl (C=O) groups is 1. The molecule has 1 aromatic rings. The first-order valence-electron chi connectivity index (χ1n) is 12.5. The molecule has 3 heteroatoms. The molecule has 1 aromatic carbocycles. The van der Waals surface area contributed by atoms with Gasteiger partial charge in [-0.15, -0.1) is 0 Å². The molecule has 0 unspecified atom stereocenters. The molecule has 0 heterocycles. The standard InChI is InChI=1S/C25H40O2.C3H9N/c1-3-5-6-7-8-9-10-11-12-13-14-15-16-17-22-27-25(26)24-20-18-23(4-2)19-21-24;1-4(2)3/h4,18-21H,2-3,5-17,22H2,1H3;1-3H3. The number of carbonyl (C=O) groups excluding carboxylic acids is 1. The van der Waals surface area contributed by atoms with E-state index < -0.39 is 0 Å². The number of benzene rings is 1. The van der Waals surface area contributed by atoms with Crippen molar-refractivity contribution in [3.63, 3.8) is 0 Å². The molecule has 0 fully saturated rings. The summed E-state index contributed by atoms with van der Waals surface area (Å²) in [6, 6.07) is 7.36. The Bertz CT molecular complexity index is 534. The van der Waals surface area contributed by atoms with Crippen molar-refractivity contribution in [3.8, 4) is 0 Å². The Balaban J connectivity index is 0.00000206. The lowest BCUT2D eigenvalue weighted by Crippen LogP contribution is -2.06. The Hall–Kier alpha value is -1.61. The minimum absolute atomic E-state index is 0.222. The van der Waals surface area contributed by atoms with E-state index in [0.29, 0.717) is 12.2 Å². The summed E-state index contributed by atoms with van der Waals surface area (Å²) in [6.07, 6.45) is 20.4. The van der Waals surface area contributed by atoms with Gasteiger partial charge in [0.2, 0.25) is 0 Å². The quantitative estimate of drug-likeness (QED) is 0.184. The first-order valence-corrected chi connectivity index (χ1v) is 12.5. The molecule has 0 N–H and O–H groups in total. The van der Waals surface area contributed by atoms with Gasteiger partial charge in [-0.25, -0.2) is 4.79 Å². The summed E-state index contributed by atoms with van der Waals surface area (Å²) in [5.41, 5.74) is 1.63. The van der Waals surface area contributed by atoms with Crippen molar-refractivity contribution in [2.24, 2.45) is 0 Å². The van der Waals surface area contributed by atoms with Crippen LogP contribution in [0.25, 0.3) is 6.08 Å². The summed E-state index contributed by atoms with van der Waals surface area (Å²) in [6.45, 7) is 6.51. The number of nitrogens with zero attached hydrogens (tertiary/aromatic N) is 1. The number of hydrogen-bond acceptors (Lipinski definition) is 3. The lowest BCUT2D eigenvalue weighted by Gasteiger charge is -2.06. The fourth-order valence-electron chi connectivity index (χ4n) is 3.30. The highest BCUT2D eigenvalue weighted by Crippen LogP contribution is 2.13. The lowest BCUT2D eigenvalue weighted by atomic mass is 10.0. The van der Waals surface area contributed by atoms with Gasteiger partial charge in [-0.2, -0.15) is 0 Å². The summed E-state index contributed by atoms with van der Waals surface area (Å²) in [5, 5.41) is 0. The zero-order valence-corrected chi connectivity index (χ0v) is 21.0. The Morgan fingerprint density at radius 3 is 1.55 bits per heavy atom. The summed E-state index contributed by atoms with van der Waals surface area (Å²) < 4.78 is 5.34. The van der Waals surface area contributed by atoms with Crippen LogP contribution >= 0.6 is 0 Å². The molecule has 0 spiro atoms. The molecule has 0 aliphatic heterocycles. The predicted octanol–water partition coefficient (Wildman–Crippen LogP) is 8.15. The van der Waals surface area contributed by atoms with Gasteiger partial charge < -0.3 is 9.64 Å². The van der Waals surface area contributed by atoms with Crippen LogP contribution in [0, 0.1) is 0 Å². The fourth-order valence-corrected chi connectivity index (χ4v) is 3.30. The van der Waals surface area contributed by atoms with E-state index in [-0.39, 0.29) is 5.97 Å². The van der Waals surface area contributed by atoms with Crippen molar-refractivity contribution in [1.29, 1.82) is 0 Å². The predicted molar refractivity (Wildman–Crippen MR) is 137 cm³/mol. The van der Waals surface area contributed by atoms with Crippen LogP contribution in [0.15, 0.2) is 30.8 Å². The molecule has 0 radical (unpaired) electrons. The zero-order valence-electron chi connectivity index (χ0n) is 21.0. The van der Waals surface area contributed by atoms with Crippen LogP contribution in [0.5, 0.6) is 0 Å². The lowest BCUT2D eigenvalue weighted by molar-refractivity contribution is 0.0497. The summed E-state index contributed by atoms with van der Waals surface area (Å²) in [4.78, 5) is 13.9. The number of ether oxygens (including phenoxy) is 1. The Kier molecular flexibility index (Phi) is 20.5. The van der Waals surface area contributed by atoms with E-state index in [1.807, 2.05) is 38.2 Å². The average molecular weight is 432 g/mol. The minimum Gasteiger partial charge on any atom is -0.462 e. The molecule has 0 amide bonds. The Morgan fingerprint density at radius 2 is 1.16 bits per heavy atom. The second kappa shape index (κ2) is 21.6. The molecule has 0 saturated carbocycles. The molecular formula is C28H49NO2. The van der Waals surface area contributed by atoms with E-state index in [1.54, 1.807) is 18.2 Å². The maximum atomic E-state index is 11.9. The van der Waals surface area contributed by atoms with Crippen molar-refractivity contribution in [2.75, 3.05) is 27.7 Å². The third-order valence-corrected chi connectivity index (χ3v) is 5.11. The van der Waals surface area contributed by atoms with Crippen molar-refractivity contribution in [1.82, 2.24) is 4.90 Å². The van der Waals surface area contributed by atoms with Crippen molar-refractivity contribution >= 4 is 12.0 Å². The van der Waals surface area contributed by atoms with Crippen LogP contribution in [0.4, 0.5) is 0 Å². The van der Waals surface area contributed by atoms with Gasteiger partial charge in [0.1, 0.15) is 0 Å². The first-order chi connectivity index (χ1) is 15.0. The van der Waals surface area contributed by atoms with Crippen LogP contribution in [0.1, 0.15) is 113 Å². The summed E-state index contributed by atoms with van der Waals surface area (Å²) >= 11 is 0. The largest absolute Gasteiger partial charge is 0.462 e. The first kappa shape index (κ1) is 29.4. The van der Waals surface area contributed by atoms with E-state index >= 15 is 0 Å². The molecule has 31 heavy (non-hydrogen) atoms. The molecule has 178 valence electrons. The second-order valence-corrected chi connectivity index (χ2v) is 8.90. The van der Waals surface area contributed by atoms with Gasteiger partial charge in [0.15, 0.2) is 0 Å². The topological polar surface area (TPSA) is 29.5 Å². The smallest absolute Gasteiger partial charge is 0.338 e. The van der Waals surface area contributed by atoms with Crippen molar-refractivity contribution in [2.45, 2.75) is 96.8 Å². The highest BCUT2D eigenvalue weighted by molar-refractivity contribution is 5.89. The summed E-state index contributed by atoms with van der Waals surface area (Å²) in [5.74, 6) is -0.222. The number of esters is 1. The van der Waals surface area contributed by atoms with E-state index in [1.165, 1.54) is 77.0 Å². The molecular weight excluding hydrogens is 382 g/mol. The van der Waals surface area contributed by atoms with E-state index in [2.05, 4.69) is 13.5 Å². The zero-order chi connectivity index (χ0) is 23.2. The molecule has 0 aromatic heterocycles. The summed E-state index contributed by atoms with van der Waals surface area (Å²) in [7, 11) is 6.00. The van der Waals surface area contributed by atoms with E-state index in [0.717, 1.165) is 18.4 Å². The highest BCUT2D eigenvalue weighted by atomic mass is 16.5. The van der Waals surface area contributed by atoms with Gasteiger partial charge in [0.25, 0.3) is 0 Å². The normalized spacial score (nSPS) is 10.5. The third-order valence-electron chi connectivity index (χ3n) is 5.11. The van der Waals surface area contributed by atoms with Gasteiger partial charge in [0, 0.05) is 0 Å². The molecule has 0 aliphatic rings. The van der Waals surface area contributed by atoms with Gasteiger partial charge in [-0.05, 0) is 45.3 Å². The molecule has 0 bridgehead atoms. The number of unbranched alkanes of at least 4 members (excludes halogenated alkanes) is 13. The minimum atomic E-state index is -0.222. The van der Waals surface area contributed by atoms with Crippen LogP contribution < -0.4 is 0 Å². The average Bonchev–Trinajstić information content (AvgIpc) is 2.76. The van der Waals surface area contributed by atoms with Gasteiger partial charge in [-0.1, -0.05) is 115 Å². The number of rotatable bonds is 17. The second-order valence-electron chi connectivity index (χ2n) is 8.90. The van der Waals surface area contributed by atoms with Gasteiger partial charge >= 0.3 is 5.97 Å². The maximum Gasteiger partial charge on any atom is 0.338 e. The van der Waals surface area contributed by atoms with Crippen molar-refractivity contribution in [3.05, 3.63) is 42.0 Å². The molecule has 0 saturated heterocycles. The van der Waals surface area contributed by atoms with Crippen LogP contribution in [0.2, 0.25) is 0 Å². The highest BCUT2D eigenvalue weighted by Gasteiger charge is 2.05. The van der Waals surface area contributed by atoms with E-state index in [4.69, 9.17) is 4.74 Å². The fraction of sp³-hybridized carbons (Fsp3) is 0.679. The number of hydrogen-bond donors (Lipinski definition) is 0. The van der Waals surface area contributed by atoms with Crippen LogP contribution in [-0.2, 0) is 4.74 Å². The third kappa shape index (κ3) is 20.1. The Labute approximate surface area is 193 Å². The molecule has 3 nitrogen and oxygen atoms in total. The van der Waals surface area contributed by atoms with Gasteiger partial charge in [-0.3, -0.25) is 0 Å². The molecule has 1 rings (SSSR count). The monoisotopic (exact) mass is 431 g/mol. The maximum absolute atomic E-state index is 11.9. The SMILES string of the molecule is C=Cc1ccc(C(=O)OCCCCCCCCCCCCCCCC)cc1.CN(C)C. The molecule has 0 atom stereocenters. The van der Waals surface area contributed by atoms with Crippen LogP contribution in [0.3, 0.4) is 0 Å². The van der Waals surface area contributed by atoms with Crippen molar-refractivity contribution < 1.29 is 9.53 Å². The molecule has 0 aliphatic carbocycles. The van der Waals surface area contributed by atoms with E-state index in [9.17, 15) is 4.79 Å². The Morgan fingerprint density at radius 1 is 0.774 bits per heavy atom.